The van der Waals surface area contributed by atoms with Gasteiger partial charge in [0.1, 0.15) is 5.69 Å². The minimum atomic E-state index is -0.108. The van der Waals surface area contributed by atoms with Crippen LogP contribution in [-0.2, 0) is 4.79 Å². The minimum absolute atomic E-state index is 0.108. The van der Waals surface area contributed by atoms with Crippen molar-refractivity contribution in [2.75, 3.05) is 32.0 Å². The molecule has 9 heteroatoms. The van der Waals surface area contributed by atoms with E-state index in [0.29, 0.717) is 31.2 Å². The molecule has 190 valence electrons. The Morgan fingerprint density at radius 3 is 2.75 bits per heavy atom. The molecular formula is C27H35N7O2. The lowest BCUT2D eigenvalue weighted by Gasteiger charge is -2.21. The Bertz CT molecular complexity index is 1260. The Morgan fingerprint density at radius 2 is 2.06 bits per heavy atom. The van der Waals surface area contributed by atoms with Gasteiger partial charge in [-0.25, -0.2) is 9.97 Å². The van der Waals surface area contributed by atoms with E-state index in [0.717, 1.165) is 40.9 Å². The summed E-state index contributed by atoms with van der Waals surface area (Å²) in [6.45, 7) is 9.61. The van der Waals surface area contributed by atoms with Gasteiger partial charge in [-0.3, -0.25) is 14.6 Å². The van der Waals surface area contributed by atoms with Gasteiger partial charge in [0.15, 0.2) is 0 Å². The van der Waals surface area contributed by atoms with E-state index in [1.807, 2.05) is 69.0 Å². The summed E-state index contributed by atoms with van der Waals surface area (Å²) < 4.78 is 0. The highest BCUT2D eigenvalue weighted by molar-refractivity contribution is 5.98. The van der Waals surface area contributed by atoms with Crippen molar-refractivity contribution in [3.8, 4) is 0 Å². The number of carbonyl (C=O) groups is 2. The van der Waals surface area contributed by atoms with Crippen LogP contribution in [0.15, 0.2) is 47.6 Å². The summed E-state index contributed by atoms with van der Waals surface area (Å²) in [7, 11) is 1.76. The maximum atomic E-state index is 12.9. The average molecular weight is 490 g/mol. The molecule has 0 bridgehead atoms. The summed E-state index contributed by atoms with van der Waals surface area (Å²) in [4.78, 5) is 44.5. The van der Waals surface area contributed by atoms with Crippen LogP contribution in [0.25, 0.3) is 16.6 Å². The fourth-order valence-corrected chi connectivity index (χ4v) is 3.96. The van der Waals surface area contributed by atoms with Gasteiger partial charge in [0, 0.05) is 62.1 Å². The van der Waals surface area contributed by atoms with Gasteiger partial charge >= 0.3 is 0 Å². The summed E-state index contributed by atoms with van der Waals surface area (Å²) in [5, 5.41) is 4.13. The number of aliphatic imine (C=N–C) groups is 1. The molecule has 36 heavy (non-hydrogen) atoms. The zero-order valence-corrected chi connectivity index (χ0v) is 21.7. The van der Waals surface area contributed by atoms with Crippen molar-refractivity contribution < 1.29 is 9.59 Å². The Labute approximate surface area is 212 Å². The number of aromatic nitrogens is 3. The molecule has 0 saturated carbocycles. The molecule has 0 spiro atoms. The quantitative estimate of drug-likeness (QED) is 0.439. The smallest absolute Gasteiger partial charge is 0.270 e. The van der Waals surface area contributed by atoms with Crippen LogP contribution in [-0.4, -0.2) is 69.5 Å². The molecule has 2 amide bonds. The fraction of sp³-hybridized carbons (Fsp3) is 0.370. The van der Waals surface area contributed by atoms with Crippen LogP contribution >= 0.6 is 0 Å². The minimum Gasteiger partial charge on any atom is -0.351 e. The molecule has 2 N–H and O–H groups in total. The maximum absolute atomic E-state index is 12.9. The SMILES string of the molecule is CC.CC=N/C(=C\C)c1ccnc(Nc2ccc3[nH]c(C(=O)N(C)CCN4CCCC4=O)cc3c2)n1. The number of nitrogens with one attached hydrogen (secondary N) is 2. The Kier molecular flexibility index (Phi) is 9.32. The predicted octanol–water partition coefficient (Wildman–Crippen LogP) is 4.87. The number of rotatable bonds is 8. The second kappa shape index (κ2) is 12.6. The van der Waals surface area contributed by atoms with E-state index in [9.17, 15) is 9.59 Å². The zero-order valence-electron chi connectivity index (χ0n) is 21.7. The summed E-state index contributed by atoms with van der Waals surface area (Å²) in [5.41, 5.74) is 3.68. The van der Waals surface area contributed by atoms with Crippen LogP contribution in [0.5, 0.6) is 0 Å². The third kappa shape index (κ3) is 6.35. The largest absolute Gasteiger partial charge is 0.351 e. The highest BCUT2D eigenvalue weighted by atomic mass is 16.2. The zero-order chi connectivity index (χ0) is 26.1. The first-order valence-electron chi connectivity index (χ1n) is 12.4. The number of nitrogens with zero attached hydrogens (tertiary/aromatic N) is 5. The first-order valence-corrected chi connectivity index (χ1v) is 12.4. The monoisotopic (exact) mass is 489 g/mol. The topological polar surface area (TPSA) is 107 Å². The van der Waals surface area contributed by atoms with Gasteiger partial charge < -0.3 is 20.1 Å². The molecule has 3 heterocycles. The van der Waals surface area contributed by atoms with Crippen LogP contribution in [0.1, 0.15) is 56.7 Å². The van der Waals surface area contributed by atoms with Gasteiger partial charge in [-0.1, -0.05) is 19.9 Å². The number of likely N-dealkylation sites (tertiary alicyclic amines) is 1. The van der Waals surface area contributed by atoms with Crippen molar-refractivity contribution in [3.05, 3.63) is 54.0 Å². The highest BCUT2D eigenvalue weighted by Crippen LogP contribution is 2.23. The second-order valence-electron chi connectivity index (χ2n) is 8.15. The number of hydrogen-bond acceptors (Lipinski definition) is 6. The molecule has 0 radical (unpaired) electrons. The standard InChI is InChI=1S/C25H29N7O2.C2H6/c1-4-19(26-5-2)21-10-11-27-25(30-21)28-18-8-9-20-17(15-18)16-22(29-20)24(34)31(3)13-14-32-12-6-7-23(32)33;1-2/h4-5,8-11,15-16,29H,6-7,12-14H2,1-3H3,(H,27,28,30);1-2H3/b19-4-,26-5?;. The molecule has 1 fully saturated rings. The number of likely N-dealkylation sites (N-methyl/N-ethyl adjacent to an activating group) is 1. The number of H-pyrrole nitrogens is 1. The Balaban J connectivity index is 0.00000176. The van der Waals surface area contributed by atoms with E-state index in [-0.39, 0.29) is 11.8 Å². The van der Waals surface area contributed by atoms with Crippen LogP contribution in [0, 0.1) is 0 Å². The van der Waals surface area contributed by atoms with Crippen molar-refractivity contribution in [2.24, 2.45) is 4.99 Å². The van der Waals surface area contributed by atoms with Gasteiger partial charge in [0.2, 0.25) is 11.9 Å². The summed E-state index contributed by atoms with van der Waals surface area (Å²) in [5.74, 6) is 0.523. The van der Waals surface area contributed by atoms with Crippen LogP contribution < -0.4 is 5.32 Å². The van der Waals surface area contributed by atoms with Crippen LogP contribution in [0.4, 0.5) is 11.6 Å². The highest BCUT2D eigenvalue weighted by Gasteiger charge is 2.21. The molecule has 0 aliphatic carbocycles. The third-order valence-corrected chi connectivity index (χ3v) is 5.79. The van der Waals surface area contributed by atoms with E-state index < -0.39 is 0 Å². The molecule has 1 aromatic carbocycles. The number of hydrogen-bond donors (Lipinski definition) is 2. The molecule has 9 nitrogen and oxygen atoms in total. The third-order valence-electron chi connectivity index (χ3n) is 5.79. The van der Waals surface area contributed by atoms with E-state index in [2.05, 4.69) is 25.3 Å². The van der Waals surface area contributed by atoms with Gasteiger partial charge in [-0.05, 0) is 50.6 Å². The second-order valence-corrected chi connectivity index (χ2v) is 8.15. The molecule has 3 aromatic rings. The normalized spacial score (nSPS) is 13.8. The van der Waals surface area contributed by atoms with Gasteiger partial charge in [-0.2, -0.15) is 0 Å². The van der Waals surface area contributed by atoms with Crippen molar-refractivity contribution in [3.63, 3.8) is 0 Å². The Morgan fingerprint density at radius 1 is 1.25 bits per heavy atom. The number of aromatic amines is 1. The number of amides is 2. The van der Waals surface area contributed by atoms with Gasteiger partial charge in [0.25, 0.3) is 5.91 Å². The summed E-state index contributed by atoms with van der Waals surface area (Å²) in [6, 6.07) is 9.43. The molecule has 1 aliphatic rings. The van der Waals surface area contributed by atoms with Crippen molar-refractivity contribution in [2.45, 2.75) is 40.5 Å². The first-order chi connectivity index (χ1) is 17.5. The fourth-order valence-electron chi connectivity index (χ4n) is 3.96. The number of fused-ring (bicyclic) bond motifs is 1. The lowest BCUT2D eigenvalue weighted by molar-refractivity contribution is -0.127. The number of allylic oxidation sites excluding steroid dienone is 1. The molecule has 2 aromatic heterocycles. The molecule has 0 unspecified atom stereocenters. The van der Waals surface area contributed by atoms with E-state index in [4.69, 9.17) is 0 Å². The Hall–Kier alpha value is -4.01. The van der Waals surface area contributed by atoms with Crippen LogP contribution in [0.2, 0.25) is 0 Å². The molecule has 4 rings (SSSR count). The average Bonchev–Trinajstić information content (AvgIpc) is 3.52. The van der Waals surface area contributed by atoms with Gasteiger partial charge in [0.05, 0.1) is 11.4 Å². The van der Waals surface area contributed by atoms with E-state index in [1.165, 1.54) is 0 Å². The van der Waals surface area contributed by atoms with Crippen molar-refractivity contribution in [1.29, 1.82) is 0 Å². The molecular weight excluding hydrogens is 454 g/mol. The molecule has 0 atom stereocenters. The predicted molar refractivity (Wildman–Crippen MR) is 146 cm³/mol. The number of benzene rings is 1. The lowest BCUT2D eigenvalue weighted by Crippen LogP contribution is -2.37. The number of carbonyl (C=O) groups excluding carboxylic acids is 2. The molecule has 1 aliphatic heterocycles. The van der Waals surface area contributed by atoms with E-state index >= 15 is 0 Å². The maximum Gasteiger partial charge on any atom is 0.270 e. The first kappa shape index (κ1) is 26.6. The van der Waals surface area contributed by atoms with E-state index in [1.54, 1.807) is 24.4 Å². The summed E-state index contributed by atoms with van der Waals surface area (Å²) in [6.07, 6.45) is 6.82. The number of anilines is 2. The lowest BCUT2D eigenvalue weighted by atomic mass is 10.2. The van der Waals surface area contributed by atoms with Crippen LogP contribution in [0.3, 0.4) is 0 Å². The molecule has 1 saturated heterocycles. The van der Waals surface area contributed by atoms with Crippen molar-refractivity contribution >= 4 is 46.3 Å². The van der Waals surface area contributed by atoms with Gasteiger partial charge in [-0.15, -0.1) is 0 Å². The van der Waals surface area contributed by atoms with Crippen molar-refractivity contribution in [1.82, 2.24) is 24.8 Å². The summed E-state index contributed by atoms with van der Waals surface area (Å²) >= 11 is 0.